The van der Waals surface area contributed by atoms with Crippen LogP contribution in [0.3, 0.4) is 0 Å². The van der Waals surface area contributed by atoms with Crippen molar-refractivity contribution in [1.82, 2.24) is 19.9 Å². The van der Waals surface area contributed by atoms with Gasteiger partial charge in [-0.1, -0.05) is 55.3 Å². The molecule has 0 saturated carbocycles. The number of hydrogen-bond donors (Lipinski definition) is 1. The number of nitrogens with zero attached hydrogens (tertiary/aromatic N) is 6. The fourth-order valence-electron chi connectivity index (χ4n) is 5.30. The molecule has 0 aromatic carbocycles. The van der Waals surface area contributed by atoms with Crippen molar-refractivity contribution in [2.75, 3.05) is 49.2 Å². The van der Waals surface area contributed by atoms with Gasteiger partial charge in [-0.3, -0.25) is 4.79 Å². The number of unbranched alkanes of at least 4 members (excludes halogenated alkanes) is 7. The molecule has 1 N–H and O–H groups in total. The van der Waals surface area contributed by atoms with Crippen LogP contribution in [0.25, 0.3) is 0 Å². The van der Waals surface area contributed by atoms with E-state index in [1.165, 1.54) is 12.8 Å². The molecule has 0 amide bonds. The van der Waals surface area contributed by atoms with Crippen LogP contribution in [-0.4, -0.2) is 70.4 Å². The molecule has 0 atom stereocenters. The largest absolute Gasteiger partial charge is 0.466 e. The van der Waals surface area contributed by atoms with Gasteiger partial charge in [-0.2, -0.15) is 0 Å². The number of fused-ring (bicyclic) bond motifs is 2. The van der Waals surface area contributed by atoms with Crippen LogP contribution < -0.4 is 9.80 Å². The van der Waals surface area contributed by atoms with Gasteiger partial charge in [0.25, 0.3) is 0 Å². The molecular weight excluding hydrogens is 723 g/mol. The lowest BCUT2D eigenvalue weighted by molar-refractivity contribution is -0.143. The third-order valence-corrected chi connectivity index (χ3v) is 9.55. The normalized spacial score (nSPS) is 14.1. The summed E-state index contributed by atoms with van der Waals surface area (Å²) >= 11 is 18.8. The first-order valence-electron chi connectivity index (χ1n) is 15.5. The summed E-state index contributed by atoms with van der Waals surface area (Å²) in [6.07, 6.45) is 14.4. The van der Waals surface area contributed by atoms with Gasteiger partial charge in [0.15, 0.2) is 21.9 Å². The van der Waals surface area contributed by atoms with E-state index < -0.39 is 0 Å². The van der Waals surface area contributed by atoms with Gasteiger partial charge in [0, 0.05) is 39.2 Å². The van der Waals surface area contributed by atoms with E-state index in [4.69, 9.17) is 33.0 Å². The van der Waals surface area contributed by atoms with Gasteiger partial charge >= 0.3 is 5.97 Å². The summed E-state index contributed by atoms with van der Waals surface area (Å²) in [6.45, 7) is 6.62. The summed E-state index contributed by atoms with van der Waals surface area (Å²) in [7, 11) is 0. The highest BCUT2D eigenvalue weighted by molar-refractivity contribution is 9.10. The van der Waals surface area contributed by atoms with Crippen LogP contribution in [-0.2, 0) is 22.4 Å². The number of rotatable bonds is 15. The molecule has 0 radical (unpaired) electrons. The van der Waals surface area contributed by atoms with Crippen LogP contribution in [0.1, 0.15) is 95.4 Å². The number of ether oxygens (including phenoxy) is 1. The third kappa shape index (κ3) is 12.2. The van der Waals surface area contributed by atoms with Gasteiger partial charge < -0.3 is 19.6 Å². The second-order valence-corrected chi connectivity index (χ2v) is 13.0. The van der Waals surface area contributed by atoms with Gasteiger partial charge in [-0.25, -0.2) is 19.9 Å². The highest BCUT2D eigenvalue weighted by atomic mass is 79.9. The first-order chi connectivity index (χ1) is 20.8. The minimum Gasteiger partial charge on any atom is -0.466 e. The Labute approximate surface area is 282 Å². The van der Waals surface area contributed by atoms with Crippen molar-refractivity contribution in [3.8, 4) is 0 Å². The van der Waals surface area contributed by atoms with Crippen molar-refractivity contribution in [2.24, 2.45) is 0 Å². The molecule has 0 spiro atoms. The molecule has 2 aliphatic rings. The number of aliphatic hydroxyl groups excluding tert-OH is 1. The predicted octanol–water partition coefficient (Wildman–Crippen LogP) is 7.75. The fourth-order valence-corrected chi connectivity index (χ4v) is 6.15. The Kier molecular flexibility index (Phi) is 16.8. The monoisotopic (exact) mass is 764 g/mol. The lowest BCUT2D eigenvalue weighted by Crippen LogP contribution is -2.32. The Morgan fingerprint density at radius 3 is 1.72 bits per heavy atom. The Balaban J connectivity index is 0.000000238. The number of aromatic nitrogens is 4. The molecule has 0 fully saturated rings. The first-order valence-corrected chi connectivity index (χ1v) is 17.9. The number of hydrogen-bond acceptors (Lipinski definition) is 9. The van der Waals surface area contributed by atoms with Gasteiger partial charge in [0.1, 0.15) is 9.21 Å². The summed E-state index contributed by atoms with van der Waals surface area (Å²) in [4.78, 5) is 33.8. The molecule has 0 unspecified atom stereocenters. The number of halogens is 4. The highest BCUT2D eigenvalue weighted by Crippen LogP contribution is 2.30. The Hall–Kier alpha value is -1.27. The van der Waals surface area contributed by atoms with E-state index >= 15 is 0 Å². The van der Waals surface area contributed by atoms with Gasteiger partial charge in [-0.05, 0) is 90.2 Å². The topological polar surface area (TPSA) is 105 Å². The highest BCUT2D eigenvalue weighted by Gasteiger charge is 2.22. The van der Waals surface area contributed by atoms with Crippen LogP contribution in [0.4, 0.5) is 11.6 Å². The summed E-state index contributed by atoms with van der Waals surface area (Å²) < 4.78 is 6.19. The Morgan fingerprint density at radius 1 is 0.767 bits per heavy atom. The third-order valence-electron chi connectivity index (χ3n) is 7.46. The van der Waals surface area contributed by atoms with E-state index in [9.17, 15) is 4.79 Å². The van der Waals surface area contributed by atoms with Crippen molar-refractivity contribution in [2.45, 2.75) is 96.8 Å². The van der Waals surface area contributed by atoms with Crippen LogP contribution in [0.15, 0.2) is 9.21 Å². The molecule has 4 rings (SSSR count). The molecule has 2 aliphatic heterocycles. The number of carbonyl (C=O) groups is 1. The van der Waals surface area contributed by atoms with Crippen LogP contribution in [0.5, 0.6) is 0 Å². The summed E-state index contributed by atoms with van der Waals surface area (Å²) in [5.74, 6) is 1.80. The van der Waals surface area contributed by atoms with Crippen LogP contribution in [0.2, 0.25) is 10.3 Å². The Morgan fingerprint density at radius 2 is 1.23 bits per heavy atom. The average molecular weight is 767 g/mol. The maximum atomic E-state index is 11.3. The van der Waals surface area contributed by atoms with Crippen molar-refractivity contribution >= 4 is 72.7 Å². The first kappa shape index (κ1) is 36.2. The zero-order valence-electron chi connectivity index (χ0n) is 25.1. The molecule has 2 aromatic rings. The van der Waals surface area contributed by atoms with E-state index in [1.54, 1.807) is 0 Å². The van der Waals surface area contributed by atoms with E-state index in [0.29, 0.717) is 39.1 Å². The SMILES string of the molecule is CCOC(=O)CCCCCCN1CCCc2nc(Br)c(Cl)nc21.OCCCCCCCN1CCCc2nc(Br)c(Cl)nc21. The molecule has 4 heterocycles. The van der Waals surface area contributed by atoms with E-state index in [2.05, 4.69) is 61.6 Å². The number of esters is 1. The van der Waals surface area contributed by atoms with E-state index in [0.717, 1.165) is 120 Å². The lowest BCUT2D eigenvalue weighted by Gasteiger charge is -2.29. The van der Waals surface area contributed by atoms with Crippen LogP contribution >= 0.6 is 55.1 Å². The number of aryl methyl sites for hydroxylation is 2. The van der Waals surface area contributed by atoms with E-state index in [-0.39, 0.29) is 5.97 Å². The number of anilines is 2. The molecule has 240 valence electrons. The summed E-state index contributed by atoms with van der Waals surface area (Å²) in [5, 5.41) is 9.61. The molecule has 43 heavy (non-hydrogen) atoms. The number of carbonyl (C=O) groups excluding carboxylic acids is 1. The van der Waals surface area contributed by atoms with Crippen LogP contribution in [0, 0.1) is 0 Å². The summed E-state index contributed by atoms with van der Waals surface area (Å²) in [5.41, 5.74) is 2.07. The zero-order valence-corrected chi connectivity index (χ0v) is 29.8. The van der Waals surface area contributed by atoms with Crippen molar-refractivity contribution in [3.05, 3.63) is 30.9 Å². The van der Waals surface area contributed by atoms with E-state index in [1.807, 2.05) is 6.92 Å². The maximum Gasteiger partial charge on any atom is 0.305 e. The van der Waals surface area contributed by atoms with Crippen molar-refractivity contribution in [1.29, 1.82) is 0 Å². The molecule has 0 aliphatic carbocycles. The standard InChI is InChI=1S/C16H23BrClN3O2.C14H21BrClN3O/c1-2-23-13(22)9-5-3-4-6-10-21-11-7-8-12-16(21)20-15(18)14(17)19-12;15-12-13(16)18-14-11(17-12)7-6-9-19(14)8-4-2-1-3-5-10-20/h2-11H2,1H3;20H,1-10H2. The van der Waals surface area contributed by atoms with Gasteiger partial charge in [0.05, 0.1) is 18.0 Å². The zero-order chi connectivity index (χ0) is 31.0. The molecular formula is C30H44Br2Cl2N6O3. The Bertz CT molecular complexity index is 1160. The fraction of sp³-hybridized carbons (Fsp3) is 0.700. The molecule has 2 aromatic heterocycles. The van der Waals surface area contributed by atoms with Gasteiger partial charge in [0.2, 0.25) is 0 Å². The predicted molar refractivity (Wildman–Crippen MR) is 180 cm³/mol. The minimum absolute atomic E-state index is 0.0899. The van der Waals surface area contributed by atoms with Gasteiger partial charge in [-0.15, -0.1) is 0 Å². The quantitative estimate of drug-likeness (QED) is 0.144. The van der Waals surface area contributed by atoms with Crippen molar-refractivity contribution < 1.29 is 14.6 Å². The molecule has 0 bridgehead atoms. The lowest BCUT2D eigenvalue weighted by atomic mass is 10.1. The smallest absolute Gasteiger partial charge is 0.305 e. The molecule has 0 saturated heterocycles. The minimum atomic E-state index is -0.0899. The number of aliphatic hydroxyl groups is 1. The average Bonchev–Trinajstić information content (AvgIpc) is 2.99. The maximum absolute atomic E-state index is 11.3. The molecule has 9 nitrogen and oxygen atoms in total. The second-order valence-electron chi connectivity index (χ2n) is 10.8. The summed E-state index contributed by atoms with van der Waals surface area (Å²) in [6, 6.07) is 0. The molecule has 13 heteroatoms. The second kappa shape index (κ2) is 20.0. The van der Waals surface area contributed by atoms with Crippen molar-refractivity contribution in [3.63, 3.8) is 0 Å².